The van der Waals surface area contributed by atoms with Crippen LogP contribution in [0.1, 0.15) is 31.8 Å². The van der Waals surface area contributed by atoms with E-state index in [1.165, 1.54) is 0 Å². The molecule has 5 N–H and O–H groups in total. The maximum atomic E-state index is 13.0. The van der Waals surface area contributed by atoms with Crippen LogP contribution in [0.2, 0.25) is 0 Å². The molecule has 0 spiro atoms. The lowest BCUT2D eigenvalue weighted by atomic mass is 9.82. The first kappa shape index (κ1) is 15.0. The number of nitrogens with two attached hydrogens (primary N) is 2. The zero-order valence-electron chi connectivity index (χ0n) is 13.2. The van der Waals surface area contributed by atoms with E-state index in [9.17, 15) is 9.59 Å². The number of nitrogen functional groups attached to an aromatic ring is 2. The van der Waals surface area contributed by atoms with Crippen LogP contribution in [-0.4, -0.2) is 11.6 Å². The average Bonchev–Trinajstić information content (AvgIpc) is 2.61. The normalized spacial score (nSPS) is 12.5. The monoisotopic (exact) mass is 329 g/mol. The highest BCUT2D eigenvalue weighted by Gasteiger charge is 2.33. The first-order valence-corrected chi connectivity index (χ1v) is 7.79. The molecule has 0 aliphatic heterocycles. The van der Waals surface area contributed by atoms with Crippen LogP contribution in [0.3, 0.4) is 0 Å². The summed E-state index contributed by atoms with van der Waals surface area (Å²) < 4.78 is 0. The van der Waals surface area contributed by atoms with Crippen molar-refractivity contribution >= 4 is 34.3 Å². The molecule has 25 heavy (non-hydrogen) atoms. The third kappa shape index (κ3) is 2.33. The van der Waals surface area contributed by atoms with E-state index < -0.39 is 0 Å². The molecule has 4 rings (SSSR count). The summed E-state index contributed by atoms with van der Waals surface area (Å²) in [5.41, 5.74) is 15.3. The van der Waals surface area contributed by atoms with Crippen molar-refractivity contribution in [3.63, 3.8) is 0 Å². The van der Waals surface area contributed by atoms with Gasteiger partial charge in [0.15, 0.2) is 11.6 Å². The van der Waals surface area contributed by atoms with Gasteiger partial charge < -0.3 is 16.8 Å². The minimum atomic E-state index is -0.237. The van der Waals surface area contributed by atoms with Gasteiger partial charge in [-0.1, -0.05) is 30.3 Å². The number of fused-ring (bicyclic) bond motifs is 2. The second kappa shape index (κ2) is 5.49. The molecule has 5 nitrogen and oxygen atoms in total. The number of anilines is 4. The van der Waals surface area contributed by atoms with Gasteiger partial charge in [-0.25, -0.2) is 0 Å². The Balaban J connectivity index is 1.90. The molecule has 0 radical (unpaired) electrons. The van der Waals surface area contributed by atoms with Gasteiger partial charge in [0.2, 0.25) is 0 Å². The van der Waals surface area contributed by atoms with Crippen LogP contribution in [-0.2, 0) is 0 Å². The Morgan fingerprint density at radius 2 is 1.40 bits per heavy atom. The number of benzene rings is 3. The molecular formula is C20H15N3O2. The molecule has 5 heteroatoms. The summed E-state index contributed by atoms with van der Waals surface area (Å²) in [6, 6.07) is 17.3. The van der Waals surface area contributed by atoms with Crippen LogP contribution < -0.4 is 16.8 Å². The van der Waals surface area contributed by atoms with E-state index in [2.05, 4.69) is 5.32 Å². The fraction of sp³-hybridized carbons (Fsp3) is 0. The molecule has 3 aromatic rings. The minimum Gasteiger partial charge on any atom is -0.399 e. The van der Waals surface area contributed by atoms with E-state index in [-0.39, 0.29) is 17.1 Å². The lowest BCUT2D eigenvalue weighted by Gasteiger charge is -2.22. The molecule has 0 amide bonds. The van der Waals surface area contributed by atoms with Crippen molar-refractivity contribution < 1.29 is 9.59 Å². The van der Waals surface area contributed by atoms with E-state index in [1.807, 2.05) is 12.1 Å². The topological polar surface area (TPSA) is 98.2 Å². The Labute approximate surface area is 144 Å². The SMILES string of the molecule is Nc1cccc(Nc2ccc(N)c3c2C(=O)c2ccccc2C3=O)c1. The smallest absolute Gasteiger partial charge is 0.196 e. The number of hydrogen-bond donors (Lipinski definition) is 3. The Kier molecular flexibility index (Phi) is 3.28. The summed E-state index contributed by atoms with van der Waals surface area (Å²) in [7, 11) is 0. The van der Waals surface area contributed by atoms with Crippen LogP contribution >= 0.6 is 0 Å². The molecule has 0 unspecified atom stereocenters. The number of carbonyl (C=O) groups excluding carboxylic acids is 2. The molecule has 0 aromatic heterocycles. The zero-order chi connectivity index (χ0) is 17.6. The first-order chi connectivity index (χ1) is 12.1. The molecule has 0 fully saturated rings. The Hall–Kier alpha value is -3.60. The molecule has 1 aliphatic carbocycles. The van der Waals surface area contributed by atoms with Crippen molar-refractivity contribution in [2.45, 2.75) is 0 Å². The van der Waals surface area contributed by atoms with Crippen LogP contribution in [0.25, 0.3) is 0 Å². The lowest BCUT2D eigenvalue weighted by Crippen LogP contribution is -2.23. The fourth-order valence-electron chi connectivity index (χ4n) is 3.12. The number of rotatable bonds is 2. The summed E-state index contributed by atoms with van der Waals surface area (Å²) in [6.45, 7) is 0. The molecule has 0 saturated heterocycles. The van der Waals surface area contributed by atoms with Crippen molar-refractivity contribution in [3.8, 4) is 0 Å². The van der Waals surface area contributed by atoms with Crippen LogP contribution in [0, 0.1) is 0 Å². The Bertz CT molecular complexity index is 1040. The molecule has 0 bridgehead atoms. The maximum Gasteiger partial charge on any atom is 0.196 e. The number of ketones is 2. The highest BCUT2D eigenvalue weighted by Crippen LogP contribution is 2.36. The molecular weight excluding hydrogens is 314 g/mol. The van der Waals surface area contributed by atoms with Gasteiger partial charge in [0.25, 0.3) is 0 Å². The zero-order valence-corrected chi connectivity index (χ0v) is 13.2. The van der Waals surface area contributed by atoms with E-state index in [4.69, 9.17) is 11.5 Å². The standard InChI is InChI=1S/C20H15N3O2/c21-11-4-3-5-12(10-11)23-16-9-8-15(22)17-18(16)20(25)14-7-2-1-6-13(14)19(17)24/h1-10,23H,21-22H2. The summed E-state index contributed by atoms with van der Waals surface area (Å²) in [6.07, 6.45) is 0. The van der Waals surface area contributed by atoms with Gasteiger partial charge in [-0.2, -0.15) is 0 Å². The quantitative estimate of drug-likeness (QED) is 0.490. The molecule has 1 aliphatic rings. The highest BCUT2D eigenvalue weighted by molar-refractivity contribution is 6.31. The van der Waals surface area contributed by atoms with Gasteiger partial charge in [0, 0.05) is 28.2 Å². The van der Waals surface area contributed by atoms with Crippen LogP contribution in [0.4, 0.5) is 22.7 Å². The third-order valence-corrected chi connectivity index (χ3v) is 4.27. The molecule has 122 valence electrons. The largest absolute Gasteiger partial charge is 0.399 e. The van der Waals surface area contributed by atoms with E-state index in [0.717, 1.165) is 5.69 Å². The molecule has 0 atom stereocenters. The second-order valence-electron chi connectivity index (χ2n) is 5.91. The van der Waals surface area contributed by atoms with Gasteiger partial charge in [-0.3, -0.25) is 9.59 Å². The maximum absolute atomic E-state index is 13.0. The fourth-order valence-corrected chi connectivity index (χ4v) is 3.12. The van der Waals surface area contributed by atoms with Gasteiger partial charge in [0.1, 0.15) is 0 Å². The molecule has 0 saturated carbocycles. The van der Waals surface area contributed by atoms with Crippen molar-refractivity contribution in [1.29, 1.82) is 0 Å². The van der Waals surface area contributed by atoms with Crippen molar-refractivity contribution in [2.24, 2.45) is 0 Å². The van der Waals surface area contributed by atoms with Crippen LogP contribution in [0.15, 0.2) is 60.7 Å². The van der Waals surface area contributed by atoms with Crippen LogP contribution in [0.5, 0.6) is 0 Å². The summed E-state index contributed by atoms with van der Waals surface area (Å²) in [4.78, 5) is 25.9. The van der Waals surface area contributed by atoms with Gasteiger partial charge in [-0.15, -0.1) is 0 Å². The van der Waals surface area contributed by atoms with Gasteiger partial charge in [-0.05, 0) is 30.3 Å². The second-order valence-corrected chi connectivity index (χ2v) is 5.91. The van der Waals surface area contributed by atoms with Gasteiger partial charge >= 0.3 is 0 Å². The third-order valence-electron chi connectivity index (χ3n) is 4.27. The van der Waals surface area contributed by atoms with Crippen molar-refractivity contribution in [2.75, 3.05) is 16.8 Å². The Morgan fingerprint density at radius 3 is 2.08 bits per heavy atom. The summed E-state index contributed by atoms with van der Waals surface area (Å²) in [5.74, 6) is -0.456. The first-order valence-electron chi connectivity index (χ1n) is 7.79. The molecule has 3 aromatic carbocycles. The number of carbonyl (C=O) groups is 2. The average molecular weight is 329 g/mol. The van der Waals surface area contributed by atoms with Gasteiger partial charge in [0.05, 0.1) is 16.8 Å². The predicted molar refractivity (Wildman–Crippen MR) is 98.3 cm³/mol. The van der Waals surface area contributed by atoms with E-state index in [0.29, 0.717) is 33.8 Å². The number of nitrogens with one attached hydrogen (secondary N) is 1. The summed E-state index contributed by atoms with van der Waals surface area (Å²) in [5, 5.41) is 3.17. The van der Waals surface area contributed by atoms with E-state index in [1.54, 1.807) is 48.5 Å². The number of hydrogen-bond acceptors (Lipinski definition) is 5. The van der Waals surface area contributed by atoms with Crippen molar-refractivity contribution in [1.82, 2.24) is 0 Å². The molecule has 0 heterocycles. The van der Waals surface area contributed by atoms with E-state index >= 15 is 0 Å². The highest BCUT2D eigenvalue weighted by atomic mass is 16.1. The van der Waals surface area contributed by atoms with Crippen molar-refractivity contribution in [3.05, 3.63) is 82.9 Å². The lowest BCUT2D eigenvalue weighted by molar-refractivity contribution is 0.0980. The Morgan fingerprint density at radius 1 is 0.720 bits per heavy atom. The minimum absolute atomic E-state index is 0.219. The predicted octanol–water partition coefficient (Wildman–Crippen LogP) is 3.37. The summed E-state index contributed by atoms with van der Waals surface area (Å²) >= 11 is 0.